The molecule has 0 amide bonds. The molecule has 0 aliphatic heterocycles. The monoisotopic (exact) mass is 282 g/mol. The van der Waals surface area contributed by atoms with Gasteiger partial charge in [-0.3, -0.25) is 4.99 Å². The van der Waals surface area contributed by atoms with Crippen molar-refractivity contribution in [3.8, 4) is 0 Å². The van der Waals surface area contributed by atoms with E-state index in [9.17, 15) is 0 Å². The van der Waals surface area contributed by atoms with E-state index in [1.165, 1.54) is 5.01 Å². The Kier molecular flexibility index (Phi) is 6.28. The van der Waals surface area contributed by atoms with Crippen LogP contribution in [0.25, 0.3) is 0 Å². The van der Waals surface area contributed by atoms with Crippen LogP contribution in [-0.2, 0) is 12.8 Å². The zero-order valence-electron chi connectivity index (χ0n) is 12.7. The number of aryl methyl sites for hydroxylation is 1. The third-order valence-corrected chi connectivity index (χ3v) is 3.42. The van der Waals surface area contributed by atoms with Crippen molar-refractivity contribution < 1.29 is 0 Å². The maximum Gasteiger partial charge on any atom is 0.191 e. The zero-order chi connectivity index (χ0) is 14.3. The molecule has 1 heterocycles. The van der Waals surface area contributed by atoms with Gasteiger partial charge in [-0.05, 0) is 34.1 Å². The normalized spacial score (nSPS) is 12.6. The molecule has 0 radical (unpaired) electrons. The quantitative estimate of drug-likeness (QED) is 0.645. The zero-order valence-corrected chi connectivity index (χ0v) is 13.5. The summed E-state index contributed by atoms with van der Waals surface area (Å²) < 4.78 is 0. The first-order chi connectivity index (χ1) is 8.94. The van der Waals surface area contributed by atoms with Gasteiger partial charge in [0.05, 0.1) is 10.7 Å². The van der Waals surface area contributed by atoms with Crippen LogP contribution in [0.3, 0.4) is 0 Å². The summed E-state index contributed by atoms with van der Waals surface area (Å²) in [7, 11) is 0. The highest BCUT2D eigenvalue weighted by Crippen LogP contribution is 2.10. The van der Waals surface area contributed by atoms with Gasteiger partial charge in [0, 0.05) is 30.4 Å². The van der Waals surface area contributed by atoms with Crippen molar-refractivity contribution in [2.75, 3.05) is 13.1 Å². The number of hydrogen-bond donors (Lipinski definition) is 2. The molecule has 5 heteroatoms. The lowest BCUT2D eigenvalue weighted by atomic mass is 10.1. The molecule has 4 nitrogen and oxygen atoms in total. The first-order valence-electron chi connectivity index (χ1n) is 6.94. The van der Waals surface area contributed by atoms with Crippen LogP contribution in [0.4, 0.5) is 0 Å². The van der Waals surface area contributed by atoms with Crippen molar-refractivity contribution in [2.45, 2.75) is 53.0 Å². The SMILES string of the molecule is CCNC(=NCCc1csc(CC)n1)NC(C)(C)C. The van der Waals surface area contributed by atoms with Gasteiger partial charge in [0.15, 0.2) is 5.96 Å². The highest BCUT2D eigenvalue weighted by atomic mass is 32.1. The van der Waals surface area contributed by atoms with Crippen molar-refractivity contribution in [1.82, 2.24) is 15.6 Å². The van der Waals surface area contributed by atoms with Gasteiger partial charge in [0.2, 0.25) is 0 Å². The molecule has 19 heavy (non-hydrogen) atoms. The topological polar surface area (TPSA) is 49.3 Å². The highest BCUT2D eigenvalue weighted by molar-refractivity contribution is 7.09. The number of hydrogen-bond acceptors (Lipinski definition) is 3. The van der Waals surface area contributed by atoms with Gasteiger partial charge in [-0.15, -0.1) is 11.3 Å². The van der Waals surface area contributed by atoms with Crippen molar-refractivity contribution >= 4 is 17.3 Å². The minimum absolute atomic E-state index is 0.0248. The van der Waals surface area contributed by atoms with Crippen molar-refractivity contribution in [2.24, 2.45) is 4.99 Å². The maximum absolute atomic E-state index is 4.59. The smallest absolute Gasteiger partial charge is 0.191 e. The molecule has 0 fully saturated rings. The summed E-state index contributed by atoms with van der Waals surface area (Å²) in [5, 5.41) is 9.99. The van der Waals surface area contributed by atoms with E-state index in [1.54, 1.807) is 11.3 Å². The van der Waals surface area contributed by atoms with Crippen molar-refractivity contribution in [3.05, 3.63) is 16.1 Å². The van der Waals surface area contributed by atoms with Gasteiger partial charge in [-0.1, -0.05) is 6.92 Å². The molecule has 0 unspecified atom stereocenters. The summed E-state index contributed by atoms with van der Waals surface area (Å²) in [6.45, 7) is 12.2. The Balaban J connectivity index is 2.50. The summed E-state index contributed by atoms with van der Waals surface area (Å²) in [6.07, 6.45) is 1.92. The molecule has 1 aromatic rings. The number of guanidine groups is 1. The molecule has 2 N–H and O–H groups in total. The van der Waals surface area contributed by atoms with Crippen LogP contribution in [0, 0.1) is 0 Å². The molecule has 0 aromatic carbocycles. The number of nitrogens with one attached hydrogen (secondary N) is 2. The van der Waals surface area contributed by atoms with Crippen molar-refractivity contribution in [3.63, 3.8) is 0 Å². The summed E-state index contributed by atoms with van der Waals surface area (Å²) >= 11 is 1.74. The number of rotatable bonds is 5. The van der Waals surface area contributed by atoms with Crippen LogP contribution in [0.15, 0.2) is 10.4 Å². The van der Waals surface area contributed by atoms with E-state index in [4.69, 9.17) is 0 Å². The predicted octanol–water partition coefficient (Wildman–Crippen LogP) is 2.60. The summed E-state index contributed by atoms with van der Waals surface area (Å²) in [5.41, 5.74) is 1.18. The fourth-order valence-corrected chi connectivity index (χ4v) is 2.35. The second-order valence-electron chi connectivity index (χ2n) is 5.47. The average molecular weight is 282 g/mol. The Labute approximate surface area is 120 Å². The third-order valence-electron chi connectivity index (χ3n) is 2.38. The number of nitrogens with zero attached hydrogens (tertiary/aromatic N) is 2. The molecule has 0 saturated heterocycles. The molecular weight excluding hydrogens is 256 g/mol. The van der Waals surface area contributed by atoms with Gasteiger partial charge < -0.3 is 10.6 Å². The van der Waals surface area contributed by atoms with E-state index < -0.39 is 0 Å². The Bertz CT molecular complexity index is 404. The lowest BCUT2D eigenvalue weighted by Gasteiger charge is -2.23. The summed E-state index contributed by atoms with van der Waals surface area (Å²) in [6, 6.07) is 0. The van der Waals surface area contributed by atoms with Gasteiger partial charge >= 0.3 is 0 Å². The van der Waals surface area contributed by atoms with Crippen LogP contribution in [-0.4, -0.2) is 29.6 Å². The molecule has 0 aliphatic carbocycles. The van der Waals surface area contributed by atoms with Crippen LogP contribution in [0.5, 0.6) is 0 Å². The third kappa shape index (κ3) is 6.57. The first kappa shape index (κ1) is 16.0. The largest absolute Gasteiger partial charge is 0.357 e. The lowest BCUT2D eigenvalue weighted by Crippen LogP contribution is -2.47. The Morgan fingerprint density at radius 2 is 2.11 bits per heavy atom. The first-order valence-corrected chi connectivity index (χ1v) is 7.82. The van der Waals surface area contributed by atoms with E-state index in [-0.39, 0.29) is 5.54 Å². The number of aliphatic imine (C=N–C) groups is 1. The fraction of sp³-hybridized carbons (Fsp3) is 0.714. The van der Waals surface area contributed by atoms with Crippen LogP contribution >= 0.6 is 11.3 Å². The minimum atomic E-state index is 0.0248. The Morgan fingerprint density at radius 3 is 2.63 bits per heavy atom. The molecule has 1 rings (SSSR count). The van der Waals surface area contributed by atoms with Crippen LogP contribution in [0.1, 0.15) is 45.3 Å². The average Bonchev–Trinajstić information content (AvgIpc) is 2.75. The molecule has 0 aliphatic rings. The van der Waals surface area contributed by atoms with E-state index in [0.717, 1.165) is 37.6 Å². The number of aromatic nitrogens is 1. The van der Waals surface area contributed by atoms with Gasteiger partial charge in [-0.25, -0.2) is 4.98 Å². The molecule has 1 aromatic heterocycles. The Morgan fingerprint density at radius 1 is 1.37 bits per heavy atom. The van der Waals surface area contributed by atoms with E-state index in [1.807, 2.05) is 0 Å². The lowest BCUT2D eigenvalue weighted by molar-refractivity contribution is 0.501. The minimum Gasteiger partial charge on any atom is -0.357 e. The molecule has 0 saturated carbocycles. The van der Waals surface area contributed by atoms with Gasteiger partial charge in [0.1, 0.15) is 0 Å². The summed E-state index contributed by atoms with van der Waals surface area (Å²) in [5.74, 6) is 0.876. The highest BCUT2D eigenvalue weighted by Gasteiger charge is 2.11. The van der Waals surface area contributed by atoms with E-state index in [2.05, 4.69) is 60.6 Å². The second kappa shape index (κ2) is 7.48. The van der Waals surface area contributed by atoms with E-state index >= 15 is 0 Å². The predicted molar refractivity (Wildman–Crippen MR) is 84.1 cm³/mol. The van der Waals surface area contributed by atoms with E-state index in [0.29, 0.717) is 0 Å². The fourth-order valence-electron chi connectivity index (χ4n) is 1.57. The van der Waals surface area contributed by atoms with Crippen molar-refractivity contribution in [1.29, 1.82) is 0 Å². The summed E-state index contributed by atoms with van der Waals surface area (Å²) in [4.78, 5) is 9.14. The molecular formula is C14H26N4S. The van der Waals surface area contributed by atoms with Gasteiger partial charge in [0.25, 0.3) is 0 Å². The number of thiazole rings is 1. The molecule has 0 bridgehead atoms. The Hall–Kier alpha value is -1.10. The second-order valence-corrected chi connectivity index (χ2v) is 6.41. The molecule has 0 spiro atoms. The maximum atomic E-state index is 4.59. The molecule has 108 valence electrons. The van der Waals surface area contributed by atoms with Crippen LogP contribution in [0.2, 0.25) is 0 Å². The van der Waals surface area contributed by atoms with Crippen LogP contribution < -0.4 is 10.6 Å². The molecule has 0 atom stereocenters. The standard InChI is InChI=1S/C14H26N4S/c1-6-12-17-11(10-19-12)8-9-16-13(15-7-2)18-14(3,4)5/h10H,6-9H2,1-5H3,(H2,15,16,18). The van der Waals surface area contributed by atoms with Gasteiger partial charge in [-0.2, -0.15) is 0 Å².